The van der Waals surface area contributed by atoms with E-state index >= 15 is 0 Å². The van der Waals surface area contributed by atoms with E-state index in [2.05, 4.69) is 18.7 Å². The summed E-state index contributed by atoms with van der Waals surface area (Å²) in [6.45, 7) is 7.30. The first kappa shape index (κ1) is 39.4. The Morgan fingerprint density at radius 3 is 1.70 bits per heavy atom. The minimum absolute atomic E-state index is 0.00164. The van der Waals surface area contributed by atoms with Gasteiger partial charge in [-0.3, -0.25) is 14.6 Å². The second kappa shape index (κ2) is 29.1. The number of carboxylic acid groups (broad SMARTS) is 1. The normalized spacial score (nSPS) is 14.8. The van der Waals surface area contributed by atoms with Crippen molar-refractivity contribution in [3.05, 3.63) is 0 Å². The van der Waals surface area contributed by atoms with Crippen molar-refractivity contribution in [2.24, 2.45) is 4.99 Å². The molecule has 0 saturated carbocycles. The van der Waals surface area contributed by atoms with Crippen LogP contribution >= 0.6 is 0 Å². The SMILES string of the molecule is CCCCCCCCCCOC(=O)CCCCCCCCCCCN1C(CCCCCCCCCCC(=O)O)=NCC1C. The van der Waals surface area contributed by atoms with E-state index in [9.17, 15) is 9.59 Å². The number of aliphatic imine (C=N–C) groups is 1. The lowest BCUT2D eigenvalue weighted by Crippen LogP contribution is -2.35. The first-order valence-electron chi connectivity index (χ1n) is 18.7. The van der Waals surface area contributed by atoms with Gasteiger partial charge in [-0.15, -0.1) is 0 Å². The number of nitrogens with zero attached hydrogens (tertiary/aromatic N) is 2. The van der Waals surface area contributed by atoms with Crippen molar-refractivity contribution in [2.75, 3.05) is 19.7 Å². The van der Waals surface area contributed by atoms with E-state index in [0.29, 0.717) is 25.5 Å². The van der Waals surface area contributed by atoms with Gasteiger partial charge < -0.3 is 14.7 Å². The molecule has 1 aliphatic rings. The standard InChI is InChI=1S/C37H70N2O4/c1-3-4-5-6-7-17-22-27-32-43-37(42)30-25-20-15-9-8-12-16-21-26-31-39-34(2)33-38-35(39)28-23-18-13-10-11-14-19-24-29-36(40)41/h34H,3-33H2,1-2H3,(H,40,41). The van der Waals surface area contributed by atoms with Crippen molar-refractivity contribution in [2.45, 2.75) is 200 Å². The number of carbonyl (C=O) groups excluding carboxylic acids is 1. The van der Waals surface area contributed by atoms with E-state index in [-0.39, 0.29) is 5.97 Å². The first-order valence-corrected chi connectivity index (χ1v) is 18.7. The average molecular weight is 607 g/mol. The molecule has 1 aliphatic heterocycles. The van der Waals surface area contributed by atoms with Crippen LogP contribution in [0.25, 0.3) is 0 Å². The highest BCUT2D eigenvalue weighted by Crippen LogP contribution is 2.18. The maximum atomic E-state index is 11.9. The summed E-state index contributed by atoms with van der Waals surface area (Å²) < 4.78 is 5.41. The van der Waals surface area contributed by atoms with Gasteiger partial charge in [0.15, 0.2) is 0 Å². The first-order chi connectivity index (χ1) is 21.0. The molecule has 0 bridgehead atoms. The number of ether oxygens (including phenoxy) is 1. The maximum Gasteiger partial charge on any atom is 0.305 e. The molecular formula is C37H70N2O4. The second-order valence-electron chi connectivity index (χ2n) is 13.1. The summed E-state index contributed by atoms with van der Waals surface area (Å²) in [5.41, 5.74) is 0. The molecule has 0 fully saturated rings. The third-order valence-corrected chi connectivity index (χ3v) is 8.98. The second-order valence-corrected chi connectivity index (χ2v) is 13.1. The van der Waals surface area contributed by atoms with Crippen molar-refractivity contribution in [3.63, 3.8) is 0 Å². The minimum atomic E-state index is -0.670. The Morgan fingerprint density at radius 2 is 1.14 bits per heavy atom. The molecule has 0 aromatic rings. The van der Waals surface area contributed by atoms with E-state index in [1.807, 2.05) is 0 Å². The number of amidine groups is 1. The van der Waals surface area contributed by atoms with E-state index in [1.54, 1.807) is 0 Å². The zero-order valence-electron chi connectivity index (χ0n) is 28.6. The molecule has 0 radical (unpaired) electrons. The Kier molecular flexibility index (Phi) is 26.7. The lowest BCUT2D eigenvalue weighted by atomic mass is 10.1. The van der Waals surface area contributed by atoms with Gasteiger partial charge in [0, 0.05) is 31.8 Å². The number of hydrogen-bond donors (Lipinski definition) is 1. The highest BCUT2D eigenvalue weighted by molar-refractivity contribution is 5.84. The quantitative estimate of drug-likeness (QED) is 0.0608. The summed E-state index contributed by atoms with van der Waals surface area (Å²) in [5, 5.41) is 8.69. The molecule has 0 aliphatic carbocycles. The van der Waals surface area contributed by atoms with Crippen molar-refractivity contribution >= 4 is 17.8 Å². The summed E-state index contributed by atoms with van der Waals surface area (Å²) in [6.07, 6.45) is 32.8. The number of carbonyl (C=O) groups is 2. The van der Waals surface area contributed by atoms with E-state index in [4.69, 9.17) is 14.8 Å². The number of aliphatic carboxylic acids is 1. The summed E-state index contributed by atoms with van der Waals surface area (Å²) >= 11 is 0. The Morgan fingerprint density at radius 1 is 0.674 bits per heavy atom. The lowest BCUT2D eigenvalue weighted by Gasteiger charge is -2.25. The van der Waals surface area contributed by atoms with Crippen LogP contribution < -0.4 is 0 Å². The van der Waals surface area contributed by atoms with Crippen molar-refractivity contribution in [3.8, 4) is 0 Å². The largest absolute Gasteiger partial charge is 0.481 e. The van der Waals surface area contributed by atoms with E-state index < -0.39 is 5.97 Å². The lowest BCUT2D eigenvalue weighted by molar-refractivity contribution is -0.144. The van der Waals surface area contributed by atoms with Crippen LogP contribution in [0.4, 0.5) is 0 Å². The molecule has 1 unspecified atom stereocenters. The summed E-state index contributed by atoms with van der Waals surface area (Å²) in [5.74, 6) is 0.678. The average Bonchev–Trinajstić information content (AvgIpc) is 3.34. The highest BCUT2D eigenvalue weighted by atomic mass is 16.5. The molecule has 252 valence electrons. The smallest absolute Gasteiger partial charge is 0.305 e. The van der Waals surface area contributed by atoms with Crippen LogP contribution in [0.2, 0.25) is 0 Å². The third kappa shape index (κ3) is 24.4. The molecule has 43 heavy (non-hydrogen) atoms. The summed E-state index contributed by atoms with van der Waals surface area (Å²) in [4.78, 5) is 29.9. The van der Waals surface area contributed by atoms with Gasteiger partial charge in [0.25, 0.3) is 0 Å². The molecule has 0 aromatic carbocycles. The Balaban J connectivity index is 1.88. The van der Waals surface area contributed by atoms with Gasteiger partial charge in [0.05, 0.1) is 19.0 Å². The van der Waals surface area contributed by atoms with Crippen LogP contribution in [0, 0.1) is 0 Å². The highest BCUT2D eigenvalue weighted by Gasteiger charge is 2.22. The maximum absolute atomic E-state index is 11.9. The van der Waals surface area contributed by atoms with Crippen molar-refractivity contribution in [1.29, 1.82) is 0 Å². The van der Waals surface area contributed by atoms with Gasteiger partial charge in [-0.25, -0.2) is 0 Å². The molecule has 0 saturated heterocycles. The van der Waals surface area contributed by atoms with Gasteiger partial charge in [-0.05, 0) is 39.0 Å². The van der Waals surface area contributed by atoms with Gasteiger partial charge in [0.1, 0.15) is 0 Å². The zero-order valence-corrected chi connectivity index (χ0v) is 28.6. The molecule has 0 aromatic heterocycles. The third-order valence-electron chi connectivity index (χ3n) is 8.98. The van der Waals surface area contributed by atoms with Gasteiger partial charge in [-0.2, -0.15) is 0 Å². The van der Waals surface area contributed by atoms with Crippen LogP contribution in [0.5, 0.6) is 0 Å². The van der Waals surface area contributed by atoms with Crippen LogP contribution in [-0.2, 0) is 14.3 Å². The Labute approximate surface area is 266 Å². The fraction of sp³-hybridized carbons (Fsp3) is 0.919. The van der Waals surface area contributed by atoms with Crippen molar-refractivity contribution < 1.29 is 19.4 Å². The number of carboxylic acids is 1. The Bertz CT molecular complexity index is 696. The van der Waals surface area contributed by atoms with Crippen molar-refractivity contribution in [1.82, 2.24) is 4.90 Å². The van der Waals surface area contributed by atoms with Crippen LogP contribution in [0.1, 0.15) is 194 Å². The van der Waals surface area contributed by atoms with Gasteiger partial charge >= 0.3 is 11.9 Å². The molecule has 0 amide bonds. The summed E-state index contributed by atoms with van der Waals surface area (Å²) in [6, 6.07) is 0.559. The van der Waals surface area contributed by atoms with Crippen LogP contribution in [0.15, 0.2) is 4.99 Å². The molecule has 0 spiro atoms. The topological polar surface area (TPSA) is 79.2 Å². The molecular weight excluding hydrogens is 536 g/mol. The fourth-order valence-corrected chi connectivity index (χ4v) is 6.16. The molecule has 6 nitrogen and oxygen atoms in total. The zero-order chi connectivity index (χ0) is 31.2. The molecule has 1 heterocycles. The molecule has 1 N–H and O–H groups in total. The monoisotopic (exact) mass is 607 g/mol. The number of unbranched alkanes of at least 4 members (excludes halogenated alkanes) is 22. The molecule has 6 heteroatoms. The number of hydrogen-bond acceptors (Lipinski definition) is 5. The predicted octanol–water partition coefficient (Wildman–Crippen LogP) is 10.7. The fourth-order valence-electron chi connectivity index (χ4n) is 6.16. The molecule has 1 atom stereocenters. The van der Waals surface area contributed by atoms with Gasteiger partial charge in [0.2, 0.25) is 0 Å². The minimum Gasteiger partial charge on any atom is -0.481 e. The predicted molar refractivity (Wildman–Crippen MR) is 182 cm³/mol. The van der Waals surface area contributed by atoms with E-state index in [1.165, 1.54) is 134 Å². The number of esters is 1. The van der Waals surface area contributed by atoms with Crippen LogP contribution in [0.3, 0.4) is 0 Å². The van der Waals surface area contributed by atoms with Crippen LogP contribution in [-0.4, -0.2) is 53.5 Å². The summed E-state index contributed by atoms with van der Waals surface area (Å²) in [7, 11) is 0. The number of rotatable bonds is 32. The molecule has 1 rings (SSSR count). The van der Waals surface area contributed by atoms with Gasteiger partial charge in [-0.1, -0.05) is 135 Å². The Hall–Kier alpha value is -1.59. The van der Waals surface area contributed by atoms with E-state index in [0.717, 1.165) is 51.6 Å².